The Bertz CT molecular complexity index is 511. The summed E-state index contributed by atoms with van der Waals surface area (Å²) in [5.41, 5.74) is 1.03. The third kappa shape index (κ3) is 3.40. The molecule has 0 radical (unpaired) electrons. The highest BCUT2D eigenvalue weighted by molar-refractivity contribution is 5.79. The number of hydrogen-bond acceptors (Lipinski definition) is 3. The Kier molecular flexibility index (Phi) is 4.62. The van der Waals surface area contributed by atoms with E-state index >= 15 is 0 Å². The summed E-state index contributed by atoms with van der Waals surface area (Å²) in [5.74, 6) is 0.264. The average Bonchev–Trinajstić information content (AvgIpc) is 2.55. The first-order chi connectivity index (χ1) is 10.6. The van der Waals surface area contributed by atoms with Gasteiger partial charge in [-0.15, -0.1) is 0 Å². The quantitative estimate of drug-likeness (QED) is 0.834. The van der Waals surface area contributed by atoms with Crippen LogP contribution in [0.3, 0.4) is 0 Å². The van der Waals surface area contributed by atoms with E-state index in [1.807, 2.05) is 17.0 Å². The van der Waals surface area contributed by atoms with Crippen LogP contribution in [0.4, 0.5) is 10.1 Å². The maximum absolute atomic E-state index is 13.0. The van der Waals surface area contributed by atoms with E-state index < -0.39 is 0 Å². The smallest absolute Gasteiger partial charge is 0.227 e. The van der Waals surface area contributed by atoms with E-state index in [1.165, 1.54) is 12.1 Å². The maximum atomic E-state index is 13.0. The number of carbonyl (C=O) groups is 1. The molecule has 1 atom stereocenters. The van der Waals surface area contributed by atoms with Crippen LogP contribution < -0.4 is 4.90 Å². The first kappa shape index (κ1) is 15.3. The van der Waals surface area contributed by atoms with Crippen LogP contribution in [0.25, 0.3) is 0 Å². The number of piperidine rings is 1. The van der Waals surface area contributed by atoms with Gasteiger partial charge in [-0.3, -0.25) is 4.79 Å². The summed E-state index contributed by atoms with van der Waals surface area (Å²) in [5, 5.41) is 0. The number of amides is 1. The zero-order chi connectivity index (χ0) is 15.5. The van der Waals surface area contributed by atoms with Crippen LogP contribution in [0.1, 0.15) is 12.8 Å². The standard InChI is InChI=1S/C17H24FN3O/c1-19-8-2-3-14(13-19)17(22)21-11-9-20(10-12-21)16-6-4-15(18)5-7-16/h4-7,14H,2-3,8-13H2,1H3/t14-/m0/s1. The molecule has 0 aliphatic carbocycles. The average molecular weight is 305 g/mol. The van der Waals surface area contributed by atoms with Gasteiger partial charge in [-0.2, -0.15) is 0 Å². The van der Waals surface area contributed by atoms with Crippen LogP contribution in [-0.4, -0.2) is 62.0 Å². The summed E-state index contributed by atoms with van der Waals surface area (Å²) in [6.07, 6.45) is 2.13. The van der Waals surface area contributed by atoms with Crippen molar-refractivity contribution >= 4 is 11.6 Å². The minimum atomic E-state index is -0.209. The molecule has 2 aliphatic rings. The van der Waals surface area contributed by atoms with Crippen LogP contribution in [0, 0.1) is 11.7 Å². The van der Waals surface area contributed by atoms with Gasteiger partial charge in [0.05, 0.1) is 5.92 Å². The highest BCUT2D eigenvalue weighted by atomic mass is 19.1. The molecule has 1 amide bonds. The van der Waals surface area contributed by atoms with Crippen molar-refractivity contribution in [3.05, 3.63) is 30.1 Å². The number of benzene rings is 1. The molecular weight excluding hydrogens is 281 g/mol. The Balaban J connectivity index is 1.55. The monoisotopic (exact) mass is 305 g/mol. The predicted octanol–water partition coefficient (Wildman–Crippen LogP) is 1.82. The van der Waals surface area contributed by atoms with Crippen molar-refractivity contribution in [2.75, 3.05) is 51.2 Å². The molecule has 4 nitrogen and oxygen atoms in total. The van der Waals surface area contributed by atoms with Gasteiger partial charge in [-0.05, 0) is 50.7 Å². The molecule has 3 rings (SSSR count). The van der Waals surface area contributed by atoms with E-state index in [0.717, 1.165) is 57.8 Å². The van der Waals surface area contributed by atoms with Crippen LogP contribution in [-0.2, 0) is 4.79 Å². The lowest BCUT2D eigenvalue weighted by Gasteiger charge is -2.39. The summed E-state index contributed by atoms with van der Waals surface area (Å²) in [7, 11) is 2.09. The second kappa shape index (κ2) is 6.65. The molecular formula is C17H24FN3O. The first-order valence-corrected chi connectivity index (χ1v) is 8.11. The molecule has 0 aromatic heterocycles. The summed E-state index contributed by atoms with van der Waals surface area (Å²) in [4.78, 5) is 19.1. The van der Waals surface area contributed by atoms with Gasteiger partial charge in [0.2, 0.25) is 5.91 Å². The molecule has 2 heterocycles. The largest absolute Gasteiger partial charge is 0.368 e. The molecule has 5 heteroatoms. The van der Waals surface area contributed by atoms with E-state index in [4.69, 9.17) is 0 Å². The van der Waals surface area contributed by atoms with Gasteiger partial charge < -0.3 is 14.7 Å². The van der Waals surface area contributed by atoms with Crippen LogP contribution >= 0.6 is 0 Å². The highest BCUT2D eigenvalue weighted by Crippen LogP contribution is 2.21. The summed E-state index contributed by atoms with van der Waals surface area (Å²) >= 11 is 0. The second-order valence-electron chi connectivity index (χ2n) is 6.39. The van der Waals surface area contributed by atoms with E-state index in [-0.39, 0.29) is 11.7 Å². The molecule has 120 valence electrons. The fourth-order valence-corrected chi connectivity index (χ4v) is 3.46. The fraction of sp³-hybridized carbons (Fsp3) is 0.588. The zero-order valence-corrected chi connectivity index (χ0v) is 13.2. The number of hydrogen-bond donors (Lipinski definition) is 0. The lowest BCUT2D eigenvalue weighted by atomic mass is 9.96. The Morgan fingerprint density at radius 2 is 1.77 bits per heavy atom. The molecule has 2 aliphatic heterocycles. The Morgan fingerprint density at radius 1 is 1.09 bits per heavy atom. The van der Waals surface area contributed by atoms with Gasteiger partial charge in [-0.1, -0.05) is 0 Å². The third-order valence-corrected chi connectivity index (χ3v) is 4.76. The molecule has 0 unspecified atom stereocenters. The number of carbonyl (C=O) groups excluding carboxylic acids is 1. The molecule has 1 aromatic rings. The molecule has 2 fully saturated rings. The SMILES string of the molecule is CN1CCC[C@H](C(=O)N2CCN(c3ccc(F)cc3)CC2)C1. The van der Waals surface area contributed by atoms with Crippen LogP contribution in [0.5, 0.6) is 0 Å². The molecule has 0 N–H and O–H groups in total. The van der Waals surface area contributed by atoms with Crippen LogP contribution in [0.2, 0.25) is 0 Å². The summed E-state index contributed by atoms with van der Waals surface area (Å²) in [6.45, 7) is 5.14. The molecule has 0 saturated carbocycles. The number of halogens is 1. The molecule has 0 bridgehead atoms. The number of likely N-dealkylation sites (tertiary alicyclic amines) is 1. The third-order valence-electron chi connectivity index (χ3n) is 4.76. The van der Waals surface area contributed by atoms with E-state index in [2.05, 4.69) is 16.8 Å². The van der Waals surface area contributed by atoms with Gasteiger partial charge in [-0.25, -0.2) is 4.39 Å². The topological polar surface area (TPSA) is 26.8 Å². The van der Waals surface area contributed by atoms with Crippen LogP contribution in [0.15, 0.2) is 24.3 Å². The van der Waals surface area contributed by atoms with Crippen molar-refractivity contribution in [2.24, 2.45) is 5.92 Å². The molecule has 1 aromatic carbocycles. The van der Waals surface area contributed by atoms with Crippen molar-refractivity contribution in [1.29, 1.82) is 0 Å². The van der Waals surface area contributed by atoms with Crippen molar-refractivity contribution in [3.8, 4) is 0 Å². The number of nitrogens with zero attached hydrogens (tertiary/aromatic N) is 3. The lowest BCUT2D eigenvalue weighted by Crippen LogP contribution is -2.52. The molecule has 0 spiro atoms. The van der Waals surface area contributed by atoms with E-state index in [0.29, 0.717) is 5.91 Å². The summed E-state index contributed by atoms with van der Waals surface area (Å²) in [6, 6.07) is 6.60. The van der Waals surface area contributed by atoms with Gasteiger partial charge >= 0.3 is 0 Å². The van der Waals surface area contributed by atoms with Gasteiger partial charge in [0.25, 0.3) is 0 Å². The minimum absolute atomic E-state index is 0.163. The Morgan fingerprint density at radius 3 is 2.41 bits per heavy atom. The van der Waals surface area contributed by atoms with Crippen molar-refractivity contribution in [1.82, 2.24) is 9.80 Å². The molecule has 22 heavy (non-hydrogen) atoms. The number of anilines is 1. The fourth-order valence-electron chi connectivity index (χ4n) is 3.46. The van der Waals surface area contributed by atoms with E-state index in [1.54, 1.807) is 0 Å². The highest BCUT2D eigenvalue weighted by Gasteiger charge is 2.29. The van der Waals surface area contributed by atoms with Gasteiger partial charge in [0.1, 0.15) is 5.82 Å². The lowest BCUT2D eigenvalue weighted by molar-refractivity contribution is -0.137. The normalized spacial score (nSPS) is 23.6. The molecule has 2 saturated heterocycles. The predicted molar refractivity (Wildman–Crippen MR) is 85.4 cm³/mol. The van der Waals surface area contributed by atoms with Crippen molar-refractivity contribution in [2.45, 2.75) is 12.8 Å². The Labute approximate surface area is 131 Å². The van der Waals surface area contributed by atoms with Gasteiger partial charge in [0, 0.05) is 38.4 Å². The minimum Gasteiger partial charge on any atom is -0.368 e. The Hall–Kier alpha value is -1.62. The second-order valence-corrected chi connectivity index (χ2v) is 6.39. The van der Waals surface area contributed by atoms with E-state index in [9.17, 15) is 9.18 Å². The summed E-state index contributed by atoms with van der Waals surface area (Å²) < 4.78 is 13.0. The maximum Gasteiger partial charge on any atom is 0.227 e. The van der Waals surface area contributed by atoms with Gasteiger partial charge in [0.15, 0.2) is 0 Å². The zero-order valence-electron chi connectivity index (χ0n) is 13.2. The number of rotatable bonds is 2. The van der Waals surface area contributed by atoms with Crippen molar-refractivity contribution in [3.63, 3.8) is 0 Å². The first-order valence-electron chi connectivity index (χ1n) is 8.11. The van der Waals surface area contributed by atoms with Crippen molar-refractivity contribution < 1.29 is 9.18 Å². The number of piperazine rings is 1.